The van der Waals surface area contributed by atoms with Crippen molar-refractivity contribution in [3.8, 4) is 0 Å². The zero-order valence-corrected chi connectivity index (χ0v) is 16.2. The average molecular weight is 399 g/mol. The van der Waals surface area contributed by atoms with E-state index in [0.29, 0.717) is 5.56 Å². The number of hydrogen-bond acceptors (Lipinski definition) is 4. The molecule has 0 aromatic heterocycles. The topological polar surface area (TPSA) is 64.6 Å². The number of benzene rings is 3. The molecule has 0 aliphatic heterocycles. The van der Waals surface area contributed by atoms with Crippen molar-refractivity contribution in [3.05, 3.63) is 113 Å². The fourth-order valence-electron chi connectivity index (χ4n) is 3.36. The van der Waals surface area contributed by atoms with Gasteiger partial charge in [0.15, 0.2) is 0 Å². The summed E-state index contributed by atoms with van der Waals surface area (Å²) in [5.74, 6) is -0.450. The van der Waals surface area contributed by atoms with Gasteiger partial charge >= 0.3 is 12.1 Å². The van der Waals surface area contributed by atoms with Gasteiger partial charge in [0.2, 0.25) is 0 Å². The van der Waals surface area contributed by atoms with Crippen molar-refractivity contribution in [1.82, 2.24) is 5.32 Å². The second-order valence-electron chi connectivity index (χ2n) is 6.91. The van der Waals surface area contributed by atoms with Gasteiger partial charge < -0.3 is 14.8 Å². The number of nitrogens with one attached hydrogen (secondary N) is 1. The molecule has 150 valence electrons. The smallest absolute Gasteiger partial charge is 0.408 e. The molecule has 0 fully saturated rings. The third-order valence-electron chi connectivity index (χ3n) is 4.86. The number of fused-ring (bicyclic) bond motifs is 1. The summed E-state index contributed by atoms with van der Waals surface area (Å²) in [6, 6.07) is 25.3. The van der Waals surface area contributed by atoms with Gasteiger partial charge in [0.25, 0.3) is 0 Å². The van der Waals surface area contributed by atoms with E-state index in [2.05, 4.69) is 5.32 Å². The SMILES string of the molecule is O=C(N[C@H]1c2ccccc2C=C[C@@H]1OC(=O)c1ccccc1)OCc1ccccc1. The van der Waals surface area contributed by atoms with E-state index in [9.17, 15) is 9.59 Å². The Kier molecular flexibility index (Phi) is 5.90. The number of rotatable bonds is 5. The van der Waals surface area contributed by atoms with Crippen LogP contribution in [0.5, 0.6) is 0 Å². The van der Waals surface area contributed by atoms with Crippen molar-refractivity contribution in [2.24, 2.45) is 0 Å². The molecule has 5 heteroatoms. The number of amides is 1. The highest BCUT2D eigenvalue weighted by molar-refractivity contribution is 5.89. The molecule has 1 aliphatic carbocycles. The largest absolute Gasteiger partial charge is 0.452 e. The van der Waals surface area contributed by atoms with E-state index in [1.807, 2.05) is 66.7 Å². The van der Waals surface area contributed by atoms with Crippen LogP contribution in [0.1, 0.15) is 33.1 Å². The average Bonchev–Trinajstić information content (AvgIpc) is 2.80. The van der Waals surface area contributed by atoms with E-state index < -0.39 is 24.2 Å². The lowest BCUT2D eigenvalue weighted by molar-refractivity contribution is 0.0307. The number of esters is 1. The van der Waals surface area contributed by atoms with Gasteiger partial charge in [0.1, 0.15) is 12.7 Å². The number of carbonyl (C=O) groups excluding carboxylic acids is 2. The first-order valence-corrected chi connectivity index (χ1v) is 9.71. The summed E-state index contributed by atoms with van der Waals surface area (Å²) in [5.41, 5.74) is 3.17. The standard InChI is InChI=1S/C25H21NO4/c27-24(20-12-5-2-6-13-20)30-22-16-15-19-11-7-8-14-21(19)23(22)26-25(28)29-17-18-9-3-1-4-10-18/h1-16,22-23H,17H2,(H,26,28)/t22-,23-/m0/s1. The summed E-state index contributed by atoms with van der Waals surface area (Å²) in [7, 11) is 0. The minimum Gasteiger partial charge on any atom is -0.452 e. The molecule has 0 heterocycles. The maximum Gasteiger partial charge on any atom is 0.408 e. The Hall–Kier alpha value is -3.86. The van der Waals surface area contributed by atoms with Crippen molar-refractivity contribution in [2.45, 2.75) is 18.8 Å². The Morgan fingerprint density at radius 2 is 1.50 bits per heavy atom. The van der Waals surface area contributed by atoms with Crippen LogP contribution in [-0.2, 0) is 16.1 Å². The van der Waals surface area contributed by atoms with Crippen molar-refractivity contribution in [1.29, 1.82) is 0 Å². The predicted octanol–water partition coefficient (Wildman–Crippen LogP) is 4.91. The van der Waals surface area contributed by atoms with Gasteiger partial charge in [0, 0.05) is 0 Å². The van der Waals surface area contributed by atoms with E-state index in [1.165, 1.54) is 0 Å². The van der Waals surface area contributed by atoms with Gasteiger partial charge in [-0.1, -0.05) is 78.9 Å². The van der Waals surface area contributed by atoms with Crippen LogP contribution in [0.4, 0.5) is 4.79 Å². The molecule has 2 atom stereocenters. The molecule has 3 aromatic rings. The third kappa shape index (κ3) is 4.58. The summed E-state index contributed by atoms with van der Waals surface area (Å²) < 4.78 is 11.1. The number of hydrogen-bond donors (Lipinski definition) is 1. The quantitative estimate of drug-likeness (QED) is 0.620. The Balaban J connectivity index is 1.49. The van der Waals surface area contributed by atoms with Crippen LogP contribution in [0.15, 0.2) is 91.0 Å². The molecule has 3 aromatic carbocycles. The van der Waals surface area contributed by atoms with Crippen LogP contribution >= 0.6 is 0 Å². The zero-order valence-electron chi connectivity index (χ0n) is 16.2. The van der Waals surface area contributed by atoms with Crippen LogP contribution in [0.2, 0.25) is 0 Å². The lowest BCUT2D eigenvalue weighted by atomic mass is 9.91. The van der Waals surface area contributed by atoms with E-state index in [-0.39, 0.29) is 6.61 Å². The normalized spacial score (nSPS) is 16.9. The Morgan fingerprint density at radius 3 is 2.27 bits per heavy atom. The summed E-state index contributed by atoms with van der Waals surface area (Å²) in [6.45, 7) is 0.158. The number of carbonyl (C=O) groups is 2. The molecular weight excluding hydrogens is 378 g/mol. The van der Waals surface area contributed by atoms with Gasteiger partial charge in [-0.05, 0) is 34.9 Å². The van der Waals surface area contributed by atoms with Crippen LogP contribution in [0.3, 0.4) is 0 Å². The maximum absolute atomic E-state index is 12.6. The summed E-state index contributed by atoms with van der Waals surface area (Å²) in [4.78, 5) is 25.1. The molecule has 1 N–H and O–H groups in total. The van der Waals surface area contributed by atoms with Crippen molar-refractivity contribution in [3.63, 3.8) is 0 Å². The molecule has 5 nitrogen and oxygen atoms in total. The lowest BCUT2D eigenvalue weighted by Crippen LogP contribution is -2.39. The Labute approximate surface area is 175 Å². The second-order valence-corrected chi connectivity index (χ2v) is 6.91. The predicted molar refractivity (Wildman–Crippen MR) is 114 cm³/mol. The highest BCUT2D eigenvalue weighted by Gasteiger charge is 2.31. The molecule has 1 amide bonds. The fourth-order valence-corrected chi connectivity index (χ4v) is 3.36. The molecule has 0 spiro atoms. The highest BCUT2D eigenvalue weighted by Crippen LogP contribution is 2.30. The van der Waals surface area contributed by atoms with E-state index in [0.717, 1.165) is 16.7 Å². The zero-order chi connectivity index (χ0) is 20.8. The minimum absolute atomic E-state index is 0.158. The monoisotopic (exact) mass is 399 g/mol. The Bertz CT molecular complexity index is 1050. The lowest BCUT2D eigenvalue weighted by Gasteiger charge is -2.30. The molecule has 1 aliphatic rings. The summed E-state index contributed by atoms with van der Waals surface area (Å²) >= 11 is 0. The maximum atomic E-state index is 12.6. The molecule has 30 heavy (non-hydrogen) atoms. The van der Waals surface area contributed by atoms with E-state index in [1.54, 1.807) is 30.3 Å². The summed E-state index contributed by atoms with van der Waals surface area (Å²) in [5, 5.41) is 2.86. The number of ether oxygens (including phenoxy) is 2. The highest BCUT2D eigenvalue weighted by atomic mass is 16.6. The minimum atomic E-state index is -0.656. The Morgan fingerprint density at radius 1 is 0.833 bits per heavy atom. The molecule has 0 radical (unpaired) electrons. The molecule has 0 unspecified atom stereocenters. The summed E-state index contributed by atoms with van der Waals surface area (Å²) in [6.07, 6.45) is 2.45. The van der Waals surface area contributed by atoms with Gasteiger partial charge in [0.05, 0.1) is 11.6 Å². The first-order chi connectivity index (χ1) is 14.7. The molecule has 0 saturated heterocycles. The van der Waals surface area contributed by atoms with Gasteiger partial charge in [-0.15, -0.1) is 0 Å². The fraction of sp³-hybridized carbons (Fsp3) is 0.120. The second kappa shape index (κ2) is 9.09. The van der Waals surface area contributed by atoms with Crippen molar-refractivity contribution in [2.75, 3.05) is 0 Å². The van der Waals surface area contributed by atoms with Gasteiger partial charge in [-0.2, -0.15) is 0 Å². The first-order valence-electron chi connectivity index (χ1n) is 9.71. The van der Waals surface area contributed by atoms with Crippen LogP contribution in [0, 0.1) is 0 Å². The van der Waals surface area contributed by atoms with E-state index in [4.69, 9.17) is 9.47 Å². The third-order valence-corrected chi connectivity index (χ3v) is 4.86. The molecule has 0 saturated carbocycles. The van der Waals surface area contributed by atoms with Gasteiger partial charge in [-0.3, -0.25) is 0 Å². The van der Waals surface area contributed by atoms with E-state index >= 15 is 0 Å². The number of alkyl carbamates (subject to hydrolysis) is 1. The van der Waals surface area contributed by atoms with Crippen LogP contribution in [-0.4, -0.2) is 18.2 Å². The van der Waals surface area contributed by atoms with Crippen molar-refractivity contribution >= 4 is 18.1 Å². The first kappa shape index (κ1) is 19.5. The molecular formula is C25H21NO4. The molecule has 0 bridgehead atoms. The van der Waals surface area contributed by atoms with Gasteiger partial charge in [-0.25, -0.2) is 9.59 Å². The van der Waals surface area contributed by atoms with Crippen LogP contribution in [0.25, 0.3) is 6.08 Å². The van der Waals surface area contributed by atoms with Crippen LogP contribution < -0.4 is 5.32 Å². The van der Waals surface area contributed by atoms with Crippen molar-refractivity contribution < 1.29 is 19.1 Å². The molecule has 4 rings (SSSR count).